The number of nitrogens with two attached hydrogens (primary N) is 1. The van der Waals surface area contributed by atoms with Crippen LogP contribution >= 0.6 is 23.1 Å². The molecule has 13 heteroatoms. The number of rotatable bonds is 6. The summed E-state index contributed by atoms with van der Waals surface area (Å²) in [4.78, 5) is 48.5. The Labute approximate surface area is 222 Å². The molecule has 1 aromatic rings. The van der Waals surface area contributed by atoms with Gasteiger partial charge in [0.1, 0.15) is 23.2 Å². The van der Waals surface area contributed by atoms with Crippen LogP contribution in [0.15, 0.2) is 10.5 Å². The summed E-state index contributed by atoms with van der Waals surface area (Å²) in [7, 11) is 0. The van der Waals surface area contributed by atoms with E-state index in [9.17, 15) is 19.5 Å². The number of fused-ring (bicyclic) bond motifs is 1. The number of nitrogens with one attached hydrogen (secondary N) is 1. The van der Waals surface area contributed by atoms with Crippen molar-refractivity contribution >= 4 is 51.7 Å². The quantitative estimate of drug-likeness (QED) is 0.185. The molecule has 4 rings (SSSR count). The summed E-state index contributed by atoms with van der Waals surface area (Å²) in [6.45, 7) is 5.58. The molecule has 1 aromatic heterocycles. The molecule has 174 valence electrons. The van der Waals surface area contributed by atoms with Crippen molar-refractivity contribution in [2.75, 3.05) is 5.73 Å². The number of hydrogen-bond acceptors (Lipinski definition) is 10. The summed E-state index contributed by atoms with van der Waals surface area (Å²) in [5.74, 6) is -2.07. The van der Waals surface area contributed by atoms with Crippen molar-refractivity contribution in [3.63, 3.8) is 0 Å². The molecule has 0 unspecified atom stereocenters. The summed E-state index contributed by atoms with van der Waals surface area (Å²) < 4.78 is -0.737. The van der Waals surface area contributed by atoms with Gasteiger partial charge < -0.3 is 30.7 Å². The zero-order valence-electron chi connectivity index (χ0n) is 19.1. The van der Waals surface area contributed by atoms with Crippen LogP contribution in [0.4, 0.5) is 5.13 Å². The minimum atomic E-state index is -1.31. The van der Waals surface area contributed by atoms with Crippen LogP contribution in [0, 0.1) is 5.92 Å². The van der Waals surface area contributed by atoms with Gasteiger partial charge >= 0.3 is 29.6 Å². The molecular weight excluding hydrogens is 477 g/mol. The van der Waals surface area contributed by atoms with Crippen LogP contribution in [0.3, 0.4) is 0 Å². The smallest absolute Gasteiger partial charge is 0.548 e. The molecule has 0 radical (unpaired) electrons. The first-order chi connectivity index (χ1) is 15.1. The number of anilines is 1. The molecule has 0 spiro atoms. The molecule has 5 atom stereocenters. The van der Waals surface area contributed by atoms with Crippen molar-refractivity contribution in [3.05, 3.63) is 11.1 Å². The summed E-state index contributed by atoms with van der Waals surface area (Å²) in [5, 5.41) is 19.8. The monoisotopic (exact) mass is 503 g/mol. The van der Waals surface area contributed by atoms with Gasteiger partial charge in [0.25, 0.3) is 5.91 Å². The van der Waals surface area contributed by atoms with Gasteiger partial charge in [-0.25, -0.2) is 4.98 Å². The van der Waals surface area contributed by atoms with E-state index < -0.39 is 40.0 Å². The third kappa shape index (κ3) is 5.04. The van der Waals surface area contributed by atoms with Gasteiger partial charge in [-0.05, 0) is 39.0 Å². The molecule has 3 heterocycles. The van der Waals surface area contributed by atoms with Crippen LogP contribution in [-0.2, 0) is 19.2 Å². The molecular formula is C20H26N5NaO5S2. The molecule has 3 aliphatic rings. The summed E-state index contributed by atoms with van der Waals surface area (Å²) in [6.07, 6.45) is 3.97. The first kappa shape index (κ1) is 26.3. The zero-order chi connectivity index (χ0) is 23.2. The van der Waals surface area contributed by atoms with Gasteiger partial charge in [-0.15, -0.1) is 23.1 Å². The van der Waals surface area contributed by atoms with Crippen molar-refractivity contribution in [1.29, 1.82) is 0 Å². The van der Waals surface area contributed by atoms with E-state index in [-0.39, 0.29) is 52.2 Å². The number of aliphatic carboxylic acids is 1. The van der Waals surface area contributed by atoms with Crippen molar-refractivity contribution in [3.8, 4) is 0 Å². The first-order valence-corrected chi connectivity index (χ1v) is 12.3. The van der Waals surface area contributed by atoms with E-state index >= 15 is 0 Å². The summed E-state index contributed by atoms with van der Waals surface area (Å²) in [6, 6.07) is -1.92. The van der Waals surface area contributed by atoms with E-state index in [1.54, 1.807) is 19.2 Å². The number of carboxylic acid groups (broad SMARTS) is 1. The maximum atomic E-state index is 13.1. The normalized spacial score (nSPS) is 30.6. The van der Waals surface area contributed by atoms with Gasteiger partial charge in [0.2, 0.25) is 5.91 Å². The van der Waals surface area contributed by atoms with Crippen LogP contribution in [0.1, 0.15) is 52.1 Å². The molecule has 3 fully saturated rings. The molecule has 2 saturated heterocycles. The van der Waals surface area contributed by atoms with Crippen LogP contribution in [-0.4, -0.2) is 61.7 Å². The molecule has 2 aliphatic heterocycles. The molecule has 2 amide bonds. The Hall–Kier alpha value is -1.34. The first-order valence-electron chi connectivity index (χ1n) is 10.6. The van der Waals surface area contributed by atoms with E-state index in [0.717, 1.165) is 25.7 Å². The molecule has 33 heavy (non-hydrogen) atoms. The number of β-lactam (4-membered cyclic amide) rings is 1. The zero-order valence-corrected chi connectivity index (χ0v) is 22.7. The van der Waals surface area contributed by atoms with Crippen LogP contribution in [0.2, 0.25) is 0 Å². The van der Waals surface area contributed by atoms with Gasteiger partial charge in [0, 0.05) is 10.1 Å². The fourth-order valence-electron chi connectivity index (χ4n) is 4.50. The largest absolute Gasteiger partial charge is 1.00 e. The number of hydrogen-bond donors (Lipinski definition) is 2. The number of carbonyl (C=O) groups is 3. The van der Waals surface area contributed by atoms with Gasteiger partial charge in [-0.3, -0.25) is 9.59 Å². The predicted octanol–water partition coefficient (Wildman–Crippen LogP) is -2.67. The van der Waals surface area contributed by atoms with E-state index in [2.05, 4.69) is 22.4 Å². The second-order valence-electron chi connectivity index (χ2n) is 8.95. The maximum absolute atomic E-state index is 13.1. The minimum Gasteiger partial charge on any atom is -0.548 e. The van der Waals surface area contributed by atoms with Crippen molar-refractivity contribution < 1.29 is 53.9 Å². The third-order valence-electron chi connectivity index (χ3n) is 6.24. The van der Waals surface area contributed by atoms with Crippen LogP contribution < -0.4 is 45.7 Å². The van der Waals surface area contributed by atoms with E-state index in [1.165, 1.54) is 28.0 Å². The van der Waals surface area contributed by atoms with Gasteiger partial charge in [0.05, 0.1) is 12.0 Å². The third-order valence-corrected chi connectivity index (χ3v) is 8.49. The maximum Gasteiger partial charge on any atom is 1.00 e. The van der Waals surface area contributed by atoms with Gasteiger partial charge in [-0.1, -0.05) is 18.5 Å². The van der Waals surface area contributed by atoms with Crippen molar-refractivity contribution in [2.45, 2.75) is 74.8 Å². The van der Waals surface area contributed by atoms with E-state index in [4.69, 9.17) is 10.6 Å². The second-order valence-corrected chi connectivity index (χ2v) is 11.6. The number of aromatic nitrogens is 1. The number of thioether (sulfide) groups is 1. The second kappa shape index (κ2) is 10.1. The fraction of sp³-hybridized carbons (Fsp3) is 0.650. The number of thiazole rings is 1. The summed E-state index contributed by atoms with van der Waals surface area (Å²) >= 11 is 2.49. The Kier molecular flexibility index (Phi) is 8.04. The number of nitrogens with zero attached hydrogens (tertiary/aromatic N) is 3. The molecule has 1 aliphatic carbocycles. The van der Waals surface area contributed by atoms with Crippen LogP contribution in [0.25, 0.3) is 0 Å². The fourth-order valence-corrected chi connectivity index (χ4v) is 6.66. The number of nitrogen functional groups attached to an aromatic ring is 1. The number of carboxylic acids is 1. The molecule has 0 bridgehead atoms. The topological polar surface area (TPSA) is 150 Å². The average molecular weight is 504 g/mol. The van der Waals surface area contributed by atoms with Crippen molar-refractivity contribution in [1.82, 2.24) is 15.2 Å². The molecule has 10 nitrogen and oxygen atoms in total. The molecule has 1 saturated carbocycles. The SMILES string of the molecule is C[C@H]1CCCC[C@H]1O/N=C(\C(=O)N[C@H]1C(=O)N2[C@@H]1SC(C)(C)[C@@H]2C(=O)[O-])c1csc(N)n1.[Na+]. The van der Waals surface area contributed by atoms with Crippen molar-refractivity contribution in [2.24, 2.45) is 11.1 Å². The van der Waals surface area contributed by atoms with Crippen LogP contribution in [0.5, 0.6) is 0 Å². The standard InChI is InChI=1S/C20H27N5O5S2.Na/c1-9-6-4-5-7-11(9)30-24-12(10-8-31-19(21)22-10)15(26)23-13-16(27)25-14(18(28)29)20(2,3)32-17(13)25;/h8-9,11,13-14,17H,4-7H2,1-3H3,(H2,21,22)(H,23,26)(H,28,29);/q;+1/p-1/b24-12-;/t9-,11+,13-,14-,17+;/m0./s1. The Morgan fingerprint density at radius 1 is 1.36 bits per heavy atom. The summed E-state index contributed by atoms with van der Waals surface area (Å²) in [5.41, 5.74) is 5.95. The van der Waals surface area contributed by atoms with Gasteiger partial charge in [-0.2, -0.15) is 0 Å². The Bertz CT molecular complexity index is 970. The van der Waals surface area contributed by atoms with Gasteiger partial charge in [0.15, 0.2) is 10.8 Å². The average Bonchev–Trinajstić information content (AvgIpc) is 3.26. The Morgan fingerprint density at radius 2 is 2.06 bits per heavy atom. The Balaban J connectivity index is 0.00000306. The van der Waals surface area contributed by atoms with E-state index in [0.29, 0.717) is 5.92 Å². The molecule has 0 aromatic carbocycles. The molecule has 3 N–H and O–H groups in total. The number of carbonyl (C=O) groups excluding carboxylic acids is 3. The number of amides is 2. The van der Waals surface area contributed by atoms with E-state index in [1.807, 2.05) is 0 Å². The Morgan fingerprint density at radius 3 is 2.67 bits per heavy atom. The minimum absolute atomic E-state index is 0. The number of oxime groups is 1. The predicted molar refractivity (Wildman–Crippen MR) is 119 cm³/mol.